The van der Waals surface area contributed by atoms with E-state index >= 15 is 0 Å². The molecule has 1 aromatic rings. The first kappa shape index (κ1) is 13.0. The third kappa shape index (κ3) is 2.85. The van der Waals surface area contributed by atoms with Crippen LogP contribution in [0.4, 0.5) is 8.78 Å². The van der Waals surface area contributed by atoms with Crippen molar-refractivity contribution in [2.24, 2.45) is 5.92 Å². The van der Waals surface area contributed by atoms with E-state index in [0.717, 1.165) is 25.1 Å². The molecule has 0 spiro atoms. The summed E-state index contributed by atoms with van der Waals surface area (Å²) in [5, 5.41) is 5.96. The number of piperidine rings is 1. The number of amides is 1. The van der Waals surface area contributed by atoms with Crippen molar-refractivity contribution in [3.05, 3.63) is 35.4 Å². The topological polar surface area (TPSA) is 41.1 Å². The van der Waals surface area contributed by atoms with E-state index in [2.05, 4.69) is 10.6 Å². The van der Waals surface area contributed by atoms with Crippen LogP contribution in [-0.2, 0) is 0 Å². The average Bonchev–Trinajstić information content (AvgIpc) is 2.32. The highest BCUT2D eigenvalue weighted by Crippen LogP contribution is 2.14. The largest absolute Gasteiger partial charge is 0.348 e. The van der Waals surface area contributed by atoms with E-state index in [4.69, 9.17) is 0 Å². The zero-order valence-electron chi connectivity index (χ0n) is 10.2. The fourth-order valence-electron chi connectivity index (χ4n) is 2.10. The SMILES string of the molecule is C[C@H]1CCNC[C@@H]1NC(=O)c1ccc(F)cc1F. The summed E-state index contributed by atoms with van der Waals surface area (Å²) >= 11 is 0. The summed E-state index contributed by atoms with van der Waals surface area (Å²) in [6.45, 7) is 3.65. The molecule has 1 saturated heterocycles. The van der Waals surface area contributed by atoms with Gasteiger partial charge in [0, 0.05) is 18.7 Å². The van der Waals surface area contributed by atoms with Crippen LogP contribution in [0.1, 0.15) is 23.7 Å². The third-order valence-corrected chi connectivity index (χ3v) is 3.32. The molecule has 0 aromatic heterocycles. The molecule has 3 nitrogen and oxygen atoms in total. The Morgan fingerprint density at radius 2 is 2.22 bits per heavy atom. The molecule has 0 saturated carbocycles. The van der Waals surface area contributed by atoms with Crippen molar-refractivity contribution in [3.8, 4) is 0 Å². The van der Waals surface area contributed by atoms with Gasteiger partial charge >= 0.3 is 0 Å². The normalized spacial score (nSPS) is 23.7. The van der Waals surface area contributed by atoms with Crippen LogP contribution in [0, 0.1) is 17.6 Å². The Labute approximate surface area is 105 Å². The summed E-state index contributed by atoms with van der Waals surface area (Å²) in [4.78, 5) is 11.9. The van der Waals surface area contributed by atoms with Gasteiger partial charge < -0.3 is 10.6 Å². The van der Waals surface area contributed by atoms with Crippen molar-refractivity contribution in [1.82, 2.24) is 10.6 Å². The second-order valence-corrected chi connectivity index (χ2v) is 4.67. The molecule has 1 aromatic carbocycles. The monoisotopic (exact) mass is 254 g/mol. The smallest absolute Gasteiger partial charge is 0.254 e. The Morgan fingerprint density at radius 1 is 1.44 bits per heavy atom. The van der Waals surface area contributed by atoms with Crippen molar-refractivity contribution < 1.29 is 13.6 Å². The Kier molecular flexibility index (Phi) is 3.91. The molecule has 0 aliphatic carbocycles. The standard InChI is InChI=1S/C13H16F2N2O/c1-8-4-5-16-7-12(8)17-13(18)10-3-2-9(14)6-11(10)15/h2-3,6,8,12,16H,4-5,7H2,1H3,(H,17,18)/t8-,12-/m0/s1. The summed E-state index contributed by atoms with van der Waals surface area (Å²) in [6.07, 6.45) is 0.969. The van der Waals surface area contributed by atoms with Gasteiger partial charge in [-0.25, -0.2) is 8.78 Å². The molecule has 0 radical (unpaired) electrons. The van der Waals surface area contributed by atoms with E-state index in [0.29, 0.717) is 12.5 Å². The van der Waals surface area contributed by atoms with Gasteiger partial charge in [-0.3, -0.25) is 4.79 Å². The van der Waals surface area contributed by atoms with Gasteiger partial charge in [-0.05, 0) is 31.0 Å². The lowest BCUT2D eigenvalue weighted by Crippen LogP contribution is -2.50. The molecule has 18 heavy (non-hydrogen) atoms. The molecule has 1 amide bonds. The van der Waals surface area contributed by atoms with Crippen LogP contribution in [0.5, 0.6) is 0 Å². The van der Waals surface area contributed by atoms with E-state index in [-0.39, 0.29) is 11.6 Å². The van der Waals surface area contributed by atoms with Crippen molar-refractivity contribution in [2.75, 3.05) is 13.1 Å². The van der Waals surface area contributed by atoms with Gasteiger partial charge in [-0.2, -0.15) is 0 Å². The summed E-state index contributed by atoms with van der Waals surface area (Å²) < 4.78 is 26.2. The van der Waals surface area contributed by atoms with Crippen LogP contribution in [0.15, 0.2) is 18.2 Å². The van der Waals surface area contributed by atoms with E-state index in [1.54, 1.807) is 0 Å². The van der Waals surface area contributed by atoms with Crippen molar-refractivity contribution in [1.29, 1.82) is 0 Å². The molecule has 1 fully saturated rings. The fraction of sp³-hybridized carbons (Fsp3) is 0.462. The lowest BCUT2D eigenvalue weighted by Gasteiger charge is -2.30. The minimum atomic E-state index is -0.830. The van der Waals surface area contributed by atoms with E-state index in [9.17, 15) is 13.6 Å². The second kappa shape index (κ2) is 5.44. The maximum Gasteiger partial charge on any atom is 0.254 e. The molecule has 5 heteroatoms. The minimum absolute atomic E-state index is 0.0179. The highest BCUT2D eigenvalue weighted by Gasteiger charge is 2.24. The predicted molar refractivity (Wildman–Crippen MR) is 64.3 cm³/mol. The number of hydrogen-bond donors (Lipinski definition) is 2. The number of halogens is 2. The minimum Gasteiger partial charge on any atom is -0.348 e. The van der Waals surface area contributed by atoms with Crippen molar-refractivity contribution in [2.45, 2.75) is 19.4 Å². The van der Waals surface area contributed by atoms with E-state index in [1.807, 2.05) is 6.92 Å². The number of benzene rings is 1. The zero-order chi connectivity index (χ0) is 13.1. The zero-order valence-corrected chi connectivity index (χ0v) is 10.2. The molecule has 1 aliphatic heterocycles. The summed E-state index contributed by atoms with van der Waals surface area (Å²) in [5.41, 5.74) is -0.117. The lowest BCUT2D eigenvalue weighted by atomic mass is 9.94. The van der Waals surface area contributed by atoms with Gasteiger partial charge in [0.2, 0.25) is 0 Å². The van der Waals surface area contributed by atoms with Gasteiger partial charge in [0.1, 0.15) is 11.6 Å². The fourth-order valence-corrected chi connectivity index (χ4v) is 2.10. The molecule has 98 valence electrons. The van der Waals surface area contributed by atoms with Crippen LogP contribution in [0.25, 0.3) is 0 Å². The van der Waals surface area contributed by atoms with E-state index in [1.165, 1.54) is 6.07 Å². The van der Waals surface area contributed by atoms with Crippen LogP contribution in [0.3, 0.4) is 0 Å². The summed E-state index contributed by atoms with van der Waals surface area (Å²) in [6, 6.07) is 2.95. The van der Waals surface area contributed by atoms with Crippen LogP contribution >= 0.6 is 0 Å². The molecular formula is C13H16F2N2O. The molecule has 2 N–H and O–H groups in total. The van der Waals surface area contributed by atoms with E-state index < -0.39 is 17.5 Å². The number of carbonyl (C=O) groups is 1. The molecular weight excluding hydrogens is 238 g/mol. The molecule has 1 aliphatic rings. The summed E-state index contributed by atoms with van der Waals surface area (Å²) in [5.74, 6) is -1.66. The van der Waals surface area contributed by atoms with Crippen molar-refractivity contribution >= 4 is 5.91 Å². The molecule has 0 bridgehead atoms. The molecule has 1 heterocycles. The van der Waals surface area contributed by atoms with Gasteiger partial charge in [0.05, 0.1) is 5.56 Å². The Balaban J connectivity index is 2.07. The molecule has 2 rings (SSSR count). The Morgan fingerprint density at radius 3 is 2.89 bits per heavy atom. The number of hydrogen-bond acceptors (Lipinski definition) is 2. The number of carbonyl (C=O) groups excluding carboxylic acids is 1. The Bertz CT molecular complexity index is 451. The van der Waals surface area contributed by atoms with Gasteiger partial charge in [0.25, 0.3) is 5.91 Å². The van der Waals surface area contributed by atoms with Gasteiger partial charge in [-0.15, -0.1) is 0 Å². The van der Waals surface area contributed by atoms with Gasteiger partial charge in [0.15, 0.2) is 0 Å². The summed E-state index contributed by atoms with van der Waals surface area (Å²) in [7, 11) is 0. The first-order valence-corrected chi connectivity index (χ1v) is 6.04. The third-order valence-electron chi connectivity index (χ3n) is 3.32. The number of nitrogens with one attached hydrogen (secondary N) is 2. The maximum absolute atomic E-state index is 13.4. The van der Waals surface area contributed by atoms with Crippen LogP contribution in [0.2, 0.25) is 0 Å². The predicted octanol–water partition coefficient (Wildman–Crippen LogP) is 1.69. The quantitative estimate of drug-likeness (QED) is 0.843. The highest BCUT2D eigenvalue weighted by molar-refractivity contribution is 5.94. The first-order valence-electron chi connectivity index (χ1n) is 6.04. The number of rotatable bonds is 2. The lowest BCUT2D eigenvalue weighted by molar-refractivity contribution is 0.0911. The van der Waals surface area contributed by atoms with Gasteiger partial charge in [-0.1, -0.05) is 6.92 Å². The average molecular weight is 254 g/mol. The molecule has 0 unspecified atom stereocenters. The Hall–Kier alpha value is -1.49. The highest BCUT2D eigenvalue weighted by atomic mass is 19.1. The van der Waals surface area contributed by atoms with Crippen molar-refractivity contribution in [3.63, 3.8) is 0 Å². The van der Waals surface area contributed by atoms with Crippen LogP contribution in [-0.4, -0.2) is 25.0 Å². The maximum atomic E-state index is 13.4. The van der Waals surface area contributed by atoms with Crippen LogP contribution < -0.4 is 10.6 Å². The second-order valence-electron chi connectivity index (χ2n) is 4.67. The molecule has 2 atom stereocenters. The first-order chi connectivity index (χ1) is 8.58.